The first-order valence-corrected chi connectivity index (χ1v) is 9.29. The van der Waals surface area contributed by atoms with Crippen LogP contribution in [0.2, 0.25) is 0 Å². The molecule has 0 spiro atoms. The Morgan fingerprint density at radius 3 is 1.81 bits per heavy atom. The highest BCUT2D eigenvalue weighted by Crippen LogP contribution is 2.24. The van der Waals surface area contributed by atoms with Gasteiger partial charge in [0.25, 0.3) is 0 Å². The van der Waals surface area contributed by atoms with Crippen LogP contribution in [0.1, 0.15) is 30.9 Å². The number of hydrogen-bond acceptors (Lipinski definition) is 2. The Morgan fingerprint density at radius 2 is 1.31 bits per heavy atom. The Bertz CT molecular complexity index is 710. The number of nitrogens with zero attached hydrogens (tertiary/aromatic N) is 2. The third-order valence-corrected chi connectivity index (χ3v) is 4.85. The Hall–Kier alpha value is -2.36. The lowest BCUT2D eigenvalue weighted by atomic mass is 10.0. The molecule has 1 aromatic heterocycles. The summed E-state index contributed by atoms with van der Waals surface area (Å²) in [4.78, 5) is 2.17. The minimum Gasteiger partial charge on any atom is -0.376 e. The predicted octanol–water partition coefficient (Wildman–Crippen LogP) is 4.68. The third kappa shape index (κ3) is 5.32. The first-order valence-electron chi connectivity index (χ1n) is 9.29. The molecule has 0 saturated heterocycles. The van der Waals surface area contributed by atoms with E-state index in [1.165, 1.54) is 11.1 Å². The van der Waals surface area contributed by atoms with Crippen molar-refractivity contribution in [3.05, 3.63) is 96.3 Å². The van der Waals surface area contributed by atoms with Gasteiger partial charge in [-0.05, 0) is 43.0 Å². The molecule has 0 unspecified atom stereocenters. The van der Waals surface area contributed by atoms with E-state index in [0.717, 1.165) is 32.5 Å². The van der Waals surface area contributed by atoms with Crippen molar-refractivity contribution in [2.45, 2.75) is 45.1 Å². The third-order valence-electron chi connectivity index (χ3n) is 4.85. The smallest absolute Gasteiger partial charge is 0.116 e. The lowest BCUT2D eigenvalue weighted by Crippen LogP contribution is -2.45. The van der Waals surface area contributed by atoms with Gasteiger partial charge in [0, 0.05) is 32.0 Å². The predicted molar refractivity (Wildman–Crippen MR) is 106 cm³/mol. The van der Waals surface area contributed by atoms with E-state index >= 15 is 0 Å². The molecule has 3 heteroatoms. The van der Waals surface area contributed by atoms with Crippen LogP contribution in [0, 0.1) is 0 Å². The summed E-state index contributed by atoms with van der Waals surface area (Å²) in [6.45, 7) is 4.32. The molecule has 3 aromatic rings. The first kappa shape index (κ1) is 18.4. The summed E-state index contributed by atoms with van der Waals surface area (Å²) >= 11 is 0. The Labute approximate surface area is 156 Å². The van der Waals surface area contributed by atoms with Crippen LogP contribution in [-0.2, 0) is 19.6 Å². The maximum absolute atomic E-state index is 11.2. The largest absolute Gasteiger partial charge is 0.376 e. The van der Waals surface area contributed by atoms with Crippen LogP contribution in [0.4, 0.5) is 0 Å². The molecule has 0 saturated carbocycles. The van der Waals surface area contributed by atoms with Gasteiger partial charge < -0.3 is 9.67 Å². The van der Waals surface area contributed by atoms with Crippen LogP contribution >= 0.6 is 0 Å². The van der Waals surface area contributed by atoms with Gasteiger partial charge in [-0.1, -0.05) is 60.7 Å². The monoisotopic (exact) mass is 348 g/mol. The van der Waals surface area contributed by atoms with E-state index in [1.54, 1.807) is 0 Å². The van der Waals surface area contributed by atoms with Gasteiger partial charge in [-0.25, -0.2) is 0 Å². The van der Waals surface area contributed by atoms with E-state index < -0.39 is 5.72 Å². The van der Waals surface area contributed by atoms with E-state index in [4.69, 9.17) is 0 Å². The number of hydrogen-bond donors (Lipinski definition) is 1. The summed E-state index contributed by atoms with van der Waals surface area (Å²) in [6.07, 6.45) is 5.80. The van der Waals surface area contributed by atoms with Crippen LogP contribution in [0.15, 0.2) is 85.2 Å². The molecule has 136 valence electrons. The molecule has 26 heavy (non-hydrogen) atoms. The van der Waals surface area contributed by atoms with E-state index in [0.29, 0.717) is 0 Å². The summed E-state index contributed by atoms with van der Waals surface area (Å²) in [5, 5.41) is 11.2. The molecule has 0 aliphatic rings. The quantitative estimate of drug-likeness (QED) is 0.569. The van der Waals surface area contributed by atoms with Gasteiger partial charge in [0.1, 0.15) is 5.72 Å². The molecule has 0 amide bonds. The van der Waals surface area contributed by atoms with Crippen molar-refractivity contribution in [1.29, 1.82) is 0 Å². The Morgan fingerprint density at radius 1 is 0.808 bits per heavy atom. The van der Waals surface area contributed by atoms with Crippen molar-refractivity contribution < 1.29 is 5.11 Å². The van der Waals surface area contributed by atoms with E-state index in [9.17, 15) is 5.11 Å². The molecule has 0 bridgehead atoms. The van der Waals surface area contributed by atoms with Gasteiger partial charge in [0.15, 0.2) is 0 Å². The summed E-state index contributed by atoms with van der Waals surface area (Å²) < 4.78 is 2.16. The molecular formula is C23H28N2O. The topological polar surface area (TPSA) is 28.4 Å². The number of benzene rings is 2. The molecule has 0 fully saturated rings. The molecule has 1 atom stereocenters. The maximum atomic E-state index is 11.2. The van der Waals surface area contributed by atoms with Crippen LogP contribution in [0.3, 0.4) is 0 Å². The summed E-state index contributed by atoms with van der Waals surface area (Å²) in [6, 6.07) is 24.8. The van der Waals surface area contributed by atoms with Crippen LogP contribution in [-0.4, -0.2) is 20.3 Å². The fourth-order valence-electron chi connectivity index (χ4n) is 3.28. The van der Waals surface area contributed by atoms with Crippen LogP contribution in [0.25, 0.3) is 0 Å². The van der Waals surface area contributed by atoms with Crippen molar-refractivity contribution in [1.82, 2.24) is 9.47 Å². The standard InChI is InChI=1S/C23H28N2O/c1-23(26,15-10-18-24-16-8-9-17-24)25(19-21-11-4-2-5-12-21)20-22-13-6-3-7-14-22/h2-9,11-14,16-17,26H,10,15,18-20H2,1H3/t23-/m1/s1. The summed E-state index contributed by atoms with van der Waals surface area (Å²) in [5.41, 5.74) is 1.57. The average molecular weight is 348 g/mol. The maximum Gasteiger partial charge on any atom is 0.116 e. The highest BCUT2D eigenvalue weighted by molar-refractivity contribution is 5.17. The molecule has 3 rings (SSSR count). The lowest BCUT2D eigenvalue weighted by Gasteiger charge is -2.37. The van der Waals surface area contributed by atoms with Crippen molar-refractivity contribution in [2.24, 2.45) is 0 Å². The van der Waals surface area contributed by atoms with Gasteiger partial charge in [0.05, 0.1) is 0 Å². The zero-order valence-electron chi connectivity index (χ0n) is 15.5. The zero-order chi connectivity index (χ0) is 18.2. The fourth-order valence-corrected chi connectivity index (χ4v) is 3.28. The van der Waals surface area contributed by atoms with Crippen molar-refractivity contribution in [3.8, 4) is 0 Å². The SMILES string of the molecule is C[C@@](O)(CCCn1cccc1)N(Cc1ccccc1)Cc1ccccc1. The lowest BCUT2D eigenvalue weighted by molar-refractivity contribution is -0.111. The minimum atomic E-state index is -0.862. The van der Waals surface area contributed by atoms with Crippen molar-refractivity contribution >= 4 is 0 Å². The fraction of sp³-hybridized carbons (Fsp3) is 0.304. The summed E-state index contributed by atoms with van der Waals surface area (Å²) in [7, 11) is 0. The number of aliphatic hydroxyl groups is 1. The van der Waals surface area contributed by atoms with Crippen LogP contribution < -0.4 is 0 Å². The molecule has 0 aliphatic carbocycles. The molecular weight excluding hydrogens is 320 g/mol. The number of aryl methyl sites for hydroxylation is 1. The van der Waals surface area contributed by atoms with Gasteiger partial charge in [0.2, 0.25) is 0 Å². The Balaban J connectivity index is 1.69. The second-order valence-electron chi connectivity index (χ2n) is 7.07. The van der Waals surface area contributed by atoms with Gasteiger partial charge >= 0.3 is 0 Å². The van der Waals surface area contributed by atoms with Crippen molar-refractivity contribution in [3.63, 3.8) is 0 Å². The molecule has 3 nitrogen and oxygen atoms in total. The normalized spacial score (nSPS) is 13.7. The van der Waals surface area contributed by atoms with Gasteiger partial charge in [-0.2, -0.15) is 0 Å². The second kappa shape index (κ2) is 8.84. The minimum absolute atomic E-state index is 0.727. The molecule has 1 heterocycles. The van der Waals surface area contributed by atoms with E-state index in [-0.39, 0.29) is 0 Å². The average Bonchev–Trinajstić information content (AvgIpc) is 3.16. The van der Waals surface area contributed by atoms with Gasteiger partial charge in [-0.3, -0.25) is 4.90 Å². The molecule has 0 radical (unpaired) electrons. The highest BCUT2D eigenvalue weighted by Gasteiger charge is 2.28. The summed E-state index contributed by atoms with van der Waals surface area (Å²) in [5.74, 6) is 0. The number of aromatic nitrogens is 1. The first-order chi connectivity index (χ1) is 12.6. The molecule has 2 aromatic carbocycles. The zero-order valence-corrected chi connectivity index (χ0v) is 15.5. The Kier molecular flexibility index (Phi) is 6.26. The van der Waals surface area contributed by atoms with Crippen molar-refractivity contribution in [2.75, 3.05) is 0 Å². The molecule has 1 N–H and O–H groups in total. The van der Waals surface area contributed by atoms with Crippen LogP contribution in [0.5, 0.6) is 0 Å². The second-order valence-corrected chi connectivity index (χ2v) is 7.07. The molecule has 0 aliphatic heterocycles. The van der Waals surface area contributed by atoms with Gasteiger partial charge in [-0.15, -0.1) is 0 Å². The number of rotatable bonds is 9. The highest BCUT2D eigenvalue weighted by atomic mass is 16.3. The van der Waals surface area contributed by atoms with E-state index in [2.05, 4.69) is 70.4 Å². The van der Waals surface area contributed by atoms with E-state index in [1.807, 2.05) is 31.2 Å².